The molecule has 1 aromatic heterocycles. The smallest absolute Gasteiger partial charge is 0.287 e. The number of halogens is 1. The maximum absolute atomic E-state index is 12.2. The van der Waals surface area contributed by atoms with E-state index in [1.807, 2.05) is 33.9 Å². The lowest BCUT2D eigenvalue weighted by Gasteiger charge is -2.03. The van der Waals surface area contributed by atoms with Crippen molar-refractivity contribution in [2.45, 2.75) is 27.2 Å². The van der Waals surface area contributed by atoms with Gasteiger partial charge >= 0.3 is 0 Å². The zero-order valence-corrected chi connectivity index (χ0v) is 13.8. The number of carbonyl (C=O) groups excluding carboxylic acids is 1. The quantitative estimate of drug-likeness (QED) is 0.834. The van der Waals surface area contributed by atoms with Gasteiger partial charge in [0, 0.05) is 17.5 Å². The summed E-state index contributed by atoms with van der Waals surface area (Å²) in [5.41, 5.74) is 3.94. The van der Waals surface area contributed by atoms with E-state index in [4.69, 9.17) is 4.42 Å². The minimum absolute atomic E-state index is 0. The van der Waals surface area contributed by atoms with E-state index in [1.54, 1.807) is 0 Å². The van der Waals surface area contributed by atoms with Gasteiger partial charge in [0.15, 0.2) is 5.76 Å². The number of aryl methyl sites for hydroxylation is 3. The highest BCUT2D eigenvalue weighted by molar-refractivity contribution is 6.00. The van der Waals surface area contributed by atoms with Crippen molar-refractivity contribution in [1.82, 2.24) is 10.6 Å². The molecule has 1 amide bonds. The van der Waals surface area contributed by atoms with Gasteiger partial charge in [0.1, 0.15) is 5.58 Å². The third kappa shape index (κ3) is 3.57. The lowest BCUT2D eigenvalue weighted by atomic mass is 10.0. The summed E-state index contributed by atoms with van der Waals surface area (Å²) >= 11 is 0. The van der Waals surface area contributed by atoms with Crippen molar-refractivity contribution in [2.75, 3.05) is 20.1 Å². The molecule has 0 atom stereocenters. The highest BCUT2D eigenvalue weighted by Gasteiger charge is 2.19. The van der Waals surface area contributed by atoms with Crippen LogP contribution in [0.5, 0.6) is 0 Å². The maximum atomic E-state index is 12.2. The Morgan fingerprint density at radius 1 is 1.14 bits per heavy atom. The molecule has 0 aliphatic carbocycles. The minimum atomic E-state index is -0.131. The first-order valence-corrected chi connectivity index (χ1v) is 6.98. The summed E-state index contributed by atoms with van der Waals surface area (Å²) in [4.78, 5) is 12.2. The number of carbonyl (C=O) groups is 1. The molecule has 0 unspecified atom stereocenters. The van der Waals surface area contributed by atoms with E-state index < -0.39 is 0 Å². The van der Waals surface area contributed by atoms with Crippen LogP contribution in [-0.4, -0.2) is 26.0 Å². The van der Waals surface area contributed by atoms with Gasteiger partial charge < -0.3 is 15.1 Å². The van der Waals surface area contributed by atoms with Gasteiger partial charge in [0.05, 0.1) is 0 Å². The molecule has 2 rings (SSSR count). The van der Waals surface area contributed by atoms with Gasteiger partial charge in [-0.3, -0.25) is 4.79 Å². The molecule has 5 heteroatoms. The molecule has 0 spiro atoms. The Hall–Kier alpha value is -1.52. The van der Waals surface area contributed by atoms with E-state index in [1.165, 1.54) is 0 Å². The normalized spacial score (nSPS) is 10.5. The molecular formula is C16H23ClN2O2. The van der Waals surface area contributed by atoms with E-state index in [9.17, 15) is 4.79 Å². The van der Waals surface area contributed by atoms with Crippen molar-refractivity contribution in [3.63, 3.8) is 0 Å². The number of fused-ring (bicyclic) bond motifs is 1. The summed E-state index contributed by atoms with van der Waals surface area (Å²) < 4.78 is 5.80. The van der Waals surface area contributed by atoms with E-state index in [2.05, 4.69) is 16.7 Å². The van der Waals surface area contributed by atoms with Crippen LogP contribution < -0.4 is 10.6 Å². The molecule has 0 saturated heterocycles. The number of furan rings is 1. The van der Waals surface area contributed by atoms with Crippen LogP contribution in [-0.2, 0) is 0 Å². The van der Waals surface area contributed by atoms with Gasteiger partial charge in [-0.15, -0.1) is 12.4 Å². The summed E-state index contributed by atoms with van der Waals surface area (Å²) in [6.45, 7) is 7.52. The average Bonchev–Trinajstić information content (AvgIpc) is 2.78. The van der Waals surface area contributed by atoms with Crippen molar-refractivity contribution in [1.29, 1.82) is 0 Å². The molecule has 4 nitrogen and oxygen atoms in total. The summed E-state index contributed by atoms with van der Waals surface area (Å²) in [6, 6.07) is 4.09. The number of hydrogen-bond donors (Lipinski definition) is 2. The van der Waals surface area contributed by atoms with Crippen LogP contribution >= 0.6 is 12.4 Å². The molecule has 1 heterocycles. The van der Waals surface area contributed by atoms with Gasteiger partial charge in [0.25, 0.3) is 5.91 Å². The first-order valence-electron chi connectivity index (χ1n) is 6.98. The minimum Gasteiger partial charge on any atom is -0.450 e. The van der Waals surface area contributed by atoms with Crippen molar-refractivity contribution in [3.05, 3.63) is 34.6 Å². The van der Waals surface area contributed by atoms with Gasteiger partial charge in [-0.2, -0.15) is 0 Å². The molecule has 0 bridgehead atoms. The third-order valence-corrected chi connectivity index (χ3v) is 3.58. The fourth-order valence-electron chi connectivity index (χ4n) is 2.44. The largest absolute Gasteiger partial charge is 0.450 e. The average molecular weight is 311 g/mol. The molecule has 0 saturated carbocycles. The first kappa shape index (κ1) is 17.5. The van der Waals surface area contributed by atoms with Crippen LogP contribution in [0.15, 0.2) is 16.5 Å². The predicted octanol–water partition coefficient (Wildman–Crippen LogP) is 3.12. The summed E-state index contributed by atoms with van der Waals surface area (Å²) in [6.07, 6.45) is 0.902. The summed E-state index contributed by atoms with van der Waals surface area (Å²) in [7, 11) is 1.90. The van der Waals surface area contributed by atoms with Crippen molar-refractivity contribution in [3.8, 4) is 0 Å². The van der Waals surface area contributed by atoms with Crippen molar-refractivity contribution < 1.29 is 9.21 Å². The monoisotopic (exact) mass is 310 g/mol. The Morgan fingerprint density at radius 3 is 2.43 bits per heavy atom. The lowest BCUT2D eigenvalue weighted by molar-refractivity contribution is 0.0927. The van der Waals surface area contributed by atoms with Crippen molar-refractivity contribution >= 4 is 29.3 Å². The van der Waals surface area contributed by atoms with E-state index in [-0.39, 0.29) is 18.3 Å². The standard InChI is InChI=1S/C16H22N2O2.ClH/c1-10-6-7-11(2)14-13(10)12(3)15(20-14)16(19)18-9-5-8-17-4;/h6-7,17H,5,8-9H2,1-4H3,(H,18,19);1H. The van der Waals surface area contributed by atoms with E-state index in [0.29, 0.717) is 12.3 Å². The molecule has 0 aliphatic rings. The zero-order chi connectivity index (χ0) is 14.7. The van der Waals surface area contributed by atoms with E-state index >= 15 is 0 Å². The van der Waals surface area contributed by atoms with Crippen LogP contribution in [0.3, 0.4) is 0 Å². The van der Waals surface area contributed by atoms with E-state index in [0.717, 1.165) is 40.6 Å². The summed E-state index contributed by atoms with van der Waals surface area (Å²) in [5.74, 6) is 0.301. The second-order valence-corrected chi connectivity index (χ2v) is 5.17. The first-order chi connectivity index (χ1) is 9.56. The van der Waals surface area contributed by atoms with Crippen LogP contribution in [0.2, 0.25) is 0 Å². The number of hydrogen-bond acceptors (Lipinski definition) is 3. The second kappa shape index (κ2) is 7.48. The highest BCUT2D eigenvalue weighted by Crippen LogP contribution is 2.30. The molecule has 2 aromatic rings. The predicted molar refractivity (Wildman–Crippen MR) is 88.5 cm³/mol. The molecule has 0 radical (unpaired) electrons. The zero-order valence-electron chi connectivity index (χ0n) is 13.0. The molecule has 1 aromatic carbocycles. The van der Waals surface area contributed by atoms with Gasteiger partial charge in [-0.25, -0.2) is 0 Å². The fraction of sp³-hybridized carbons (Fsp3) is 0.438. The Balaban J connectivity index is 0.00000220. The third-order valence-electron chi connectivity index (χ3n) is 3.58. The topological polar surface area (TPSA) is 54.3 Å². The Morgan fingerprint density at radius 2 is 1.81 bits per heavy atom. The number of rotatable bonds is 5. The van der Waals surface area contributed by atoms with Crippen LogP contribution in [0.25, 0.3) is 11.0 Å². The van der Waals surface area contributed by atoms with Gasteiger partial charge in [-0.05, 0) is 51.9 Å². The number of benzene rings is 1. The highest BCUT2D eigenvalue weighted by atomic mass is 35.5. The Bertz CT molecular complexity index is 635. The molecule has 21 heavy (non-hydrogen) atoms. The van der Waals surface area contributed by atoms with Crippen LogP contribution in [0, 0.1) is 20.8 Å². The SMILES string of the molecule is CNCCCNC(=O)c1oc2c(C)ccc(C)c2c1C.Cl. The van der Waals surface area contributed by atoms with Gasteiger partial charge in [-0.1, -0.05) is 12.1 Å². The number of amides is 1. The maximum Gasteiger partial charge on any atom is 0.287 e. The van der Waals surface area contributed by atoms with Crippen LogP contribution in [0.4, 0.5) is 0 Å². The van der Waals surface area contributed by atoms with Crippen LogP contribution in [0.1, 0.15) is 33.7 Å². The molecule has 2 N–H and O–H groups in total. The molecule has 0 fully saturated rings. The van der Waals surface area contributed by atoms with Crippen molar-refractivity contribution in [2.24, 2.45) is 0 Å². The molecule has 116 valence electrons. The number of nitrogens with one attached hydrogen (secondary N) is 2. The second-order valence-electron chi connectivity index (χ2n) is 5.17. The fourth-order valence-corrected chi connectivity index (χ4v) is 2.44. The Labute approximate surface area is 131 Å². The summed E-state index contributed by atoms with van der Waals surface area (Å²) in [5, 5.41) is 7.02. The molecule has 0 aliphatic heterocycles. The molecular weight excluding hydrogens is 288 g/mol. The van der Waals surface area contributed by atoms with Gasteiger partial charge in [0.2, 0.25) is 0 Å². The Kier molecular flexibility index (Phi) is 6.24. The lowest BCUT2D eigenvalue weighted by Crippen LogP contribution is -2.26.